The highest BCUT2D eigenvalue weighted by atomic mass is 19.4. The Bertz CT molecular complexity index is 653. The SMILES string of the molecule is Nc1nccc(C2CN(c3cncc(C(F)(F)F)n3)C2)n1. The maximum absolute atomic E-state index is 12.6. The number of anilines is 2. The average molecular weight is 296 g/mol. The number of aromatic nitrogens is 4. The molecule has 3 rings (SSSR count). The molecular weight excluding hydrogens is 285 g/mol. The van der Waals surface area contributed by atoms with Crippen LogP contribution in [-0.2, 0) is 6.18 Å². The van der Waals surface area contributed by atoms with Crippen LogP contribution in [0.5, 0.6) is 0 Å². The summed E-state index contributed by atoms with van der Waals surface area (Å²) in [5.41, 5.74) is 5.29. The first kappa shape index (κ1) is 13.5. The van der Waals surface area contributed by atoms with E-state index in [1.54, 1.807) is 17.2 Å². The molecule has 0 radical (unpaired) electrons. The topological polar surface area (TPSA) is 80.8 Å². The molecule has 0 saturated carbocycles. The number of hydrogen-bond acceptors (Lipinski definition) is 6. The summed E-state index contributed by atoms with van der Waals surface area (Å²) in [6.07, 6.45) is -0.898. The molecule has 0 amide bonds. The summed E-state index contributed by atoms with van der Waals surface area (Å²) in [5, 5.41) is 0. The Labute approximate surface area is 117 Å². The highest BCUT2D eigenvalue weighted by Crippen LogP contribution is 2.32. The molecule has 0 unspecified atom stereocenters. The number of nitrogens with two attached hydrogens (primary N) is 1. The molecule has 1 fully saturated rings. The van der Waals surface area contributed by atoms with Crippen LogP contribution < -0.4 is 10.6 Å². The van der Waals surface area contributed by atoms with Gasteiger partial charge in [0.05, 0.1) is 18.1 Å². The van der Waals surface area contributed by atoms with Crippen LogP contribution in [-0.4, -0.2) is 33.0 Å². The molecule has 0 bridgehead atoms. The Kier molecular flexibility index (Phi) is 3.11. The molecule has 2 N–H and O–H groups in total. The highest BCUT2D eigenvalue weighted by Gasteiger charge is 2.35. The molecular formula is C12H11F3N6. The lowest BCUT2D eigenvalue weighted by molar-refractivity contribution is -0.141. The van der Waals surface area contributed by atoms with E-state index >= 15 is 0 Å². The fourth-order valence-electron chi connectivity index (χ4n) is 2.11. The molecule has 1 aliphatic heterocycles. The second-order valence-corrected chi connectivity index (χ2v) is 4.70. The van der Waals surface area contributed by atoms with Crippen molar-refractivity contribution < 1.29 is 13.2 Å². The van der Waals surface area contributed by atoms with Crippen LogP contribution in [0, 0.1) is 0 Å². The Hall–Kier alpha value is -2.45. The van der Waals surface area contributed by atoms with Gasteiger partial charge in [0.15, 0.2) is 5.69 Å². The molecule has 110 valence electrons. The van der Waals surface area contributed by atoms with Crippen molar-refractivity contribution in [3.63, 3.8) is 0 Å². The van der Waals surface area contributed by atoms with Gasteiger partial charge >= 0.3 is 6.18 Å². The van der Waals surface area contributed by atoms with Gasteiger partial charge in [-0.05, 0) is 6.07 Å². The largest absolute Gasteiger partial charge is 0.434 e. The number of alkyl halides is 3. The summed E-state index contributed by atoms with van der Waals surface area (Å²) >= 11 is 0. The smallest absolute Gasteiger partial charge is 0.368 e. The summed E-state index contributed by atoms with van der Waals surface area (Å²) in [6.45, 7) is 1.04. The van der Waals surface area contributed by atoms with E-state index in [1.807, 2.05) is 0 Å². The van der Waals surface area contributed by atoms with E-state index in [1.165, 1.54) is 6.20 Å². The number of nitrogen functional groups attached to an aromatic ring is 1. The Morgan fingerprint density at radius 1 is 1.19 bits per heavy atom. The predicted octanol–water partition coefficient (Wildman–Crippen LogP) is 1.47. The van der Waals surface area contributed by atoms with Crippen LogP contribution in [0.25, 0.3) is 0 Å². The third-order valence-electron chi connectivity index (χ3n) is 3.23. The number of rotatable bonds is 2. The molecule has 2 aromatic heterocycles. The second-order valence-electron chi connectivity index (χ2n) is 4.70. The van der Waals surface area contributed by atoms with E-state index in [2.05, 4.69) is 19.9 Å². The van der Waals surface area contributed by atoms with Crippen molar-refractivity contribution in [2.75, 3.05) is 23.7 Å². The van der Waals surface area contributed by atoms with Crippen molar-refractivity contribution >= 4 is 11.8 Å². The lowest BCUT2D eigenvalue weighted by Gasteiger charge is -2.39. The van der Waals surface area contributed by atoms with Crippen LogP contribution in [0.1, 0.15) is 17.3 Å². The molecule has 0 spiro atoms. The van der Waals surface area contributed by atoms with E-state index in [0.717, 1.165) is 5.69 Å². The molecule has 9 heteroatoms. The van der Waals surface area contributed by atoms with E-state index in [0.29, 0.717) is 19.3 Å². The number of halogens is 3. The normalized spacial score (nSPS) is 15.9. The van der Waals surface area contributed by atoms with E-state index in [4.69, 9.17) is 5.73 Å². The van der Waals surface area contributed by atoms with E-state index < -0.39 is 11.9 Å². The first-order valence-electron chi connectivity index (χ1n) is 6.16. The van der Waals surface area contributed by atoms with Gasteiger partial charge in [-0.2, -0.15) is 13.2 Å². The second kappa shape index (κ2) is 4.83. The van der Waals surface area contributed by atoms with Crippen LogP contribution in [0.15, 0.2) is 24.7 Å². The third-order valence-corrected chi connectivity index (χ3v) is 3.23. The van der Waals surface area contributed by atoms with Crippen LogP contribution in [0.2, 0.25) is 0 Å². The first-order valence-corrected chi connectivity index (χ1v) is 6.16. The van der Waals surface area contributed by atoms with Gasteiger partial charge in [0, 0.05) is 25.2 Å². The number of nitrogens with zero attached hydrogens (tertiary/aromatic N) is 5. The van der Waals surface area contributed by atoms with Crippen molar-refractivity contribution in [3.05, 3.63) is 36.0 Å². The lowest BCUT2D eigenvalue weighted by atomic mass is 9.96. The summed E-state index contributed by atoms with van der Waals surface area (Å²) in [5.74, 6) is 0.500. The maximum atomic E-state index is 12.6. The van der Waals surface area contributed by atoms with Crippen LogP contribution in [0.4, 0.5) is 24.9 Å². The minimum atomic E-state index is -4.49. The molecule has 3 heterocycles. The molecule has 0 aliphatic carbocycles. The zero-order chi connectivity index (χ0) is 15.0. The van der Waals surface area contributed by atoms with E-state index in [-0.39, 0.29) is 17.7 Å². The van der Waals surface area contributed by atoms with Gasteiger partial charge in [0.1, 0.15) is 5.82 Å². The minimum absolute atomic E-state index is 0.103. The fraction of sp³-hybridized carbons (Fsp3) is 0.333. The van der Waals surface area contributed by atoms with Crippen molar-refractivity contribution in [1.82, 2.24) is 19.9 Å². The molecule has 0 aromatic carbocycles. The van der Waals surface area contributed by atoms with Crippen molar-refractivity contribution in [3.8, 4) is 0 Å². The summed E-state index contributed by atoms with van der Waals surface area (Å²) in [6, 6.07) is 1.75. The van der Waals surface area contributed by atoms with Crippen LogP contribution >= 0.6 is 0 Å². The fourth-order valence-corrected chi connectivity index (χ4v) is 2.11. The Morgan fingerprint density at radius 3 is 2.62 bits per heavy atom. The molecule has 0 atom stereocenters. The molecule has 21 heavy (non-hydrogen) atoms. The van der Waals surface area contributed by atoms with Gasteiger partial charge < -0.3 is 10.6 Å². The van der Waals surface area contributed by atoms with Gasteiger partial charge in [-0.1, -0.05) is 0 Å². The van der Waals surface area contributed by atoms with E-state index in [9.17, 15) is 13.2 Å². The average Bonchev–Trinajstić information content (AvgIpc) is 2.36. The van der Waals surface area contributed by atoms with Gasteiger partial charge in [-0.15, -0.1) is 0 Å². The van der Waals surface area contributed by atoms with Crippen molar-refractivity contribution in [2.24, 2.45) is 0 Å². The number of hydrogen-bond donors (Lipinski definition) is 1. The molecule has 1 aliphatic rings. The first-order chi connectivity index (χ1) is 9.93. The molecule has 6 nitrogen and oxygen atoms in total. The lowest BCUT2D eigenvalue weighted by Crippen LogP contribution is -2.46. The molecule has 2 aromatic rings. The summed E-state index contributed by atoms with van der Waals surface area (Å²) < 4.78 is 37.8. The highest BCUT2D eigenvalue weighted by molar-refractivity contribution is 5.43. The van der Waals surface area contributed by atoms with Gasteiger partial charge in [0.2, 0.25) is 5.95 Å². The summed E-state index contributed by atoms with van der Waals surface area (Å²) in [7, 11) is 0. The Morgan fingerprint density at radius 2 is 1.95 bits per heavy atom. The molecule has 1 saturated heterocycles. The van der Waals surface area contributed by atoms with Gasteiger partial charge in [0.25, 0.3) is 0 Å². The predicted molar refractivity (Wildman–Crippen MR) is 68.4 cm³/mol. The van der Waals surface area contributed by atoms with Crippen LogP contribution in [0.3, 0.4) is 0 Å². The monoisotopic (exact) mass is 296 g/mol. The van der Waals surface area contributed by atoms with Gasteiger partial charge in [-0.3, -0.25) is 4.98 Å². The quantitative estimate of drug-likeness (QED) is 0.904. The van der Waals surface area contributed by atoms with Gasteiger partial charge in [-0.25, -0.2) is 15.0 Å². The Balaban J connectivity index is 1.72. The summed E-state index contributed by atoms with van der Waals surface area (Å²) in [4.78, 5) is 16.8. The van der Waals surface area contributed by atoms with Crippen molar-refractivity contribution in [1.29, 1.82) is 0 Å². The third kappa shape index (κ3) is 2.71. The standard InChI is InChI=1S/C12H11F3N6/c13-12(14,15)9-3-17-4-10(20-9)21-5-7(6-21)8-1-2-18-11(16)19-8/h1-4,7H,5-6H2,(H2,16,18,19). The zero-order valence-electron chi connectivity index (χ0n) is 10.7. The maximum Gasteiger partial charge on any atom is 0.434 e. The van der Waals surface area contributed by atoms with Crippen molar-refractivity contribution in [2.45, 2.75) is 12.1 Å². The zero-order valence-corrected chi connectivity index (χ0v) is 10.7. The minimum Gasteiger partial charge on any atom is -0.368 e.